The third kappa shape index (κ3) is 3.61. The Hall–Kier alpha value is -1.57. The molecule has 39 heavy (non-hydrogen) atoms. The number of hydrogen-bond donors (Lipinski definition) is 6. The average molecular weight is 555 g/mol. The lowest BCUT2D eigenvalue weighted by Gasteiger charge is -2.63. The molecule has 13 atom stereocenters. The smallest absolute Gasteiger partial charge is 0.190 e. The van der Waals surface area contributed by atoms with Crippen LogP contribution in [-0.4, -0.2) is 103 Å². The molecule has 0 radical (unpaired) electrons. The van der Waals surface area contributed by atoms with Crippen molar-refractivity contribution in [2.45, 2.75) is 94.5 Å². The summed E-state index contributed by atoms with van der Waals surface area (Å²) in [6, 6.07) is 0. The number of ether oxygens (including phenoxy) is 2. The molecule has 4 aliphatic carbocycles. The SMILES string of the molecule is C[C@@H]1C[C@H]2[C@@H]3CCC4=CC(=O)C=C[C@]4(C)[C@@]3(F)[C@@H](O)C[C@]2(C)[C@@]1(O[C@@H]1O[C@H](CO)[C@H](O)[C@H](O)[C@H]1O)C(=O)CO. The van der Waals surface area contributed by atoms with E-state index in [1.807, 2.05) is 0 Å². The van der Waals surface area contributed by atoms with Gasteiger partial charge in [-0.25, -0.2) is 4.39 Å². The van der Waals surface area contributed by atoms with Gasteiger partial charge in [-0.15, -0.1) is 0 Å². The van der Waals surface area contributed by atoms with Crippen LogP contribution in [0.3, 0.4) is 0 Å². The van der Waals surface area contributed by atoms with Gasteiger partial charge in [-0.05, 0) is 56.6 Å². The van der Waals surface area contributed by atoms with Crippen molar-refractivity contribution in [3.05, 3.63) is 23.8 Å². The molecule has 10 nitrogen and oxygen atoms in total. The maximum atomic E-state index is 17.5. The Bertz CT molecular complexity index is 1090. The van der Waals surface area contributed by atoms with E-state index < -0.39 is 95.7 Å². The Morgan fingerprint density at radius 2 is 1.82 bits per heavy atom. The largest absolute Gasteiger partial charge is 0.394 e. The molecule has 11 heteroatoms. The molecular weight excluding hydrogens is 515 g/mol. The van der Waals surface area contributed by atoms with Gasteiger partial charge in [-0.3, -0.25) is 9.59 Å². The van der Waals surface area contributed by atoms with Gasteiger partial charge < -0.3 is 40.1 Å². The summed E-state index contributed by atoms with van der Waals surface area (Å²) in [7, 11) is 0. The fourth-order valence-corrected chi connectivity index (χ4v) is 8.91. The van der Waals surface area contributed by atoms with E-state index in [4.69, 9.17) is 9.47 Å². The summed E-state index contributed by atoms with van der Waals surface area (Å²) in [6.07, 6.45) is -4.53. The first-order valence-corrected chi connectivity index (χ1v) is 13.7. The molecule has 3 saturated carbocycles. The summed E-state index contributed by atoms with van der Waals surface area (Å²) in [5, 5.41) is 62.6. The number of rotatable bonds is 5. The second-order valence-electron chi connectivity index (χ2n) is 12.5. The second kappa shape index (κ2) is 9.49. The van der Waals surface area contributed by atoms with Gasteiger partial charge in [-0.1, -0.05) is 25.5 Å². The zero-order valence-electron chi connectivity index (χ0n) is 22.4. The van der Waals surface area contributed by atoms with Gasteiger partial charge in [0.1, 0.15) is 36.6 Å². The minimum absolute atomic E-state index is 0.219. The first-order chi connectivity index (χ1) is 18.2. The summed E-state index contributed by atoms with van der Waals surface area (Å²) in [4.78, 5) is 25.7. The Kier molecular flexibility index (Phi) is 7.04. The molecule has 0 spiro atoms. The second-order valence-corrected chi connectivity index (χ2v) is 12.5. The molecule has 0 unspecified atom stereocenters. The summed E-state index contributed by atoms with van der Waals surface area (Å²) in [6.45, 7) is 3.50. The van der Waals surface area contributed by atoms with Crippen LogP contribution in [0, 0.1) is 28.6 Å². The number of carbonyl (C=O) groups is 2. The van der Waals surface area contributed by atoms with Crippen molar-refractivity contribution in [3.8, 4) is 0 Å². The Morgan fingerprint density at radius 1 is 1.13 bits per heavy atom. The maximum Gasteiger partial charge on any atom is 0.190 e. The Balaban J connectivity index is 1.58. The van der Waals surface area contributed by atoms with Gasteiger partial charge in [0.25, 0.3) is 0 Å². The first kappa shape index (κ1) is 28.9. The number of ketones is 2. The molecule has 0 aromatic rings. The number of alkyl halides is 1. The van der Waals surface area contributed by atoms with Crippen LogP contribution in [0.1, 0.15) is 46.5 Å². The Morgan fingerprint density at radius 3 is 2.46 bits per heavy atom. The van der Waals surface area contributed by atoms with Crippen LogP contribution in [0.2, 0.25) is 0 Å². The number of halogens is 1. The van der Waals surface area contributed by atoms with Crippen LogP contribution in [0.15, 0.2) is 23.8 Å². The van der Waals surface area contributed by atoms with Crippen molar-refractivity contribution >= 4 is 11.6 Å². The fraction of sp³-hybridized carbons (Fsp3) is 0.786. The number of fused-ring (bicyclic) bond motifs is 5. The molecule has 1 saturated heterocycles. The molecule has 6 N–H and O–H groups in total. The van der Waals surface area contributed by atoms with Gasteiger partial charge in [0.05, 0.1) is 12.7 Å². The van der Waals surface area contributed by atoms with Crippen LogP contribution in [0.5, 0.6) is 0 Å². The number of allylic oxidation sites excluding steroid dienone is 4. The van der Waals surface area contributed by atoms with Crippen molar-refractivity contribution in [2.75, 3.05) is 13.2 Å². The lowest BCUT2D eigenvalue weighted by Crippen LogP contribution is -2.71. The predicted molar refractivity (Wildman–Crippen MR) is 133 cm³/mol. The van der Waals surface area contributed by atoms with Crippen LogP contribution in [0.25, 0.3) is 0 Å². The third-order valence-electron chi connectivity index (χ3n) is 10.9. The van der Waals surface area contributed by atoms with Crippen molar-refractivity contribution in [1.82, 2.24) is 0 Å². The lowest BCUT2D eigenvalue weighted by molar-refractivity contribution is -0.341. The van der Waals surface area contributed by atoms with Crippen LogP contribution < -0.4 is 0 Å². The van der Waals surface area contributed by atoms with E-state index in [-0.39, 0.29) is 12.2 Å². The number of Topliss-reactive ketones (excluding diaryl/α,β-unsaturated/α-hetero) is 1. The molecule has 0 bridgehead atoms. The monoisotopic (exact) mass is 554 g/mol. The summed E-state index contributed by atoms with van der Waals surface area (Å²) in [5.41, 5.74) is -5.82. The molecule has 5 rings (SSSR count). The lowest BCUT2D eigenvalue weighted by atomic mass is 9.44. The number of hydrogen-bond acceptors (Lipinski definition) is 10. The van der Waals surface area contributed by atoms with Gasteiger partial charge in [-0.2, -0.15) is 0 Å². The van der Waals surface area contributed by atoms with Crippen molar-refractivity contribution in [2.24, 2.45) is 28.6 Å². The quantitative estimate of drug-likeness (QED) is 0.265. The van der Waals surface area contributed by atoms with Gasteiger partial charge >= 0.3 is 0 Å². The van der Waals surface area contributed by atoms with E-state index >= 15 is 4.39 Å². The molecule has 5 aliphatic rings. The highest BCUT2D eigenvalue weighted by Crippen LogP contribution is 2.71. The highest BCUT2D eigenvalue weighted by molar-refractivity contribution is 6.01. The zero-order chi connectivity index (χ0) is 28.7. The highest BCUT2D eigenvalue weighted by atomic mass is 19.1. The summed E-state index contributed by atoms with van der Waals surface area (Å²) in [5.74, 6) is -2.80. The van der Waals surface area contributed by atoms with E-state index in [1.165, 1.54) is 18.2 Å². The molecule has 1 aliphatic heterocycles. The fourth-order valence-electron chi connectivity index (χ4n) is 8.91. The Labute approximate surface area is 226 Å². The number of aliphatic hydroxyl groups excluding tert-OH is 6. The number of aliphatic hydroxyl groups is 6. The molecule has 0 amide bonds. The van der Waals surface area contributed by atoms with Crippen LogP contribution in [0.4, 0.5) is 4.39 Å². The standard InChI is InChI=1S/C28H39FO10/c1-13-8-17-16-5-4-14-9-15(32)6-7-25(14,2)27(16,29)19(33)10-26(17,3)28(13,20(34)12-31)39-24-23(37)22(36)21(35)18(11-30)38-24/h6-7,9,13,16-19,21-24,30-31,33,35-37H,4-5,8,10-12H2,1-3H3/t13-,16+,17+,18-,19+,21+,22+,23-,24+,25+,26+,27+,28+/m1/s1. The van der Waals surface area contributed by atoms with Crippen LogP contribution in [-0.2, 0) is 19.1 Å². The zero-order valence-corrected chi connectivity index (χ0v) is 22.4. The van der Waals surface area contributed by atoms with E-state index in [0.29, 0.717) is 24.8 Å². The third-order valence-corrected chi connectivity index (χ3v) is 10.9. The van der Waals surface area contributed by atoms with E-state index in [9.17, 15) is 40.2 Å². The van der Waals surface area contributed by atoms with E-state index in [0.717, 1.165) is 0 Å². The van der Waals surface area contributed by atoms with Gasteiger partial charge in [0.15, 0.2) is 23.5 Å². The van der Waals surface area contributed by atoms with E-state index in [1.54, 1.807) is 20.8 Å². The minimum Gasteiger partial charge on any atom is -0.394 e. The molecule has 1 heterocycles. The first-order valence-electron chi connectivity index (χ1n) is 13.7. The summed E-state index contributed by atoms with van der Waals surface area (Å²) >= 11 is 0. The molecule has 0 aromatic heterocycles. The topological polar surface area (TPSA) is 174 Å². The predicted octanol–water partition coefficient (Wildman–Crippen LogP) is -0.280. The van der Waals surface area contributed by atoms with E-state index in [2.05, 4.69) is 0 Å². The highest BCUT2D eigenvalue weighted by Gasteiger charge is 2.77. The normalized spacial score (nSPS) is 53.0. The van der Waals surface area contributed by atoms with Crippen molar-refractivity contribution in [3.63, 3.8) is 0 Å². The number of carbonyl (C=O) groups excluding carboxylic acids is 2. The molecule has 4 fully saturated rings. The van der Waals surface area contributed by atoms with Crippen molar-refractivity contribution in [1.29, 1.82) is 0 Å². The molecule has 0 aromatic carbocycles. The molecule has 218 valence electrons. The average Bonchev–Trinajstić information content (AvgIpc) is 3.11. The minimum atomic E-state index is -2.14. The molecular formula is C28H39FO10. The maximum absolute atomic E-state index is 17.5. The van der Waals surface area contributed by atoms with Crippen molar-refractivity contribution < 1.29 is 54.1 Å². The van der Waals surface area contributed by atoms with Gasteiger partial charge in [0, 0.05) is 16.7 Å². The van der Waals surface area contributed by atoms with Gasteiger partial charge in [0.2, 0.25) is 0 Å². The van der Waals surface area contributed by atoms with Crippen LogP contribution >= 0.6 is 0 Å². The summed E-state index contributed by atoms with van der Waals surface area (Å²) < 4.78 is 29.3.